The summed E-state index contributed by atoms with van der Waals surface area (Å²) in [7, 11) is 1.60. The lowest BCUT2D eigenvalue weighted by Gasteiger charge is -2.08. The smallest absolute Gasteiger partial charge is 0.218 e. The number of aromatic nitrogens is 2. The van der Waals surface area contributed by atoms with Crippen LogP contribution in [-0.2, 0) is 7.05 Å². The molecule has 4 aromatic heterocycles. The normalized spacial score (nSPS) is 17.5. The average molecular weight is 417 g/mol. The maximum absolute atomic E-state index is 8.23. The molecule has 0 aliphatic rings. The zero-order valence-electron chi connectivity index (χ0n) is 25.8. The van der Waals surface area contributed by atoms with E-state index in [0.29, 0.717) is 44.5 Å². The molecule has 0 saturated heterocycles. The summed E-state index contributed by atoms with van der Waals surface area (Å²) in [5, 5.41) is 2.26. The van der Waals surface area contributed by atoms with E-state index in [1.54, 1.807) is 26.1 Å². The topological polar surface area (TPSA) is 43.1 Å². The molecule has 0 atom stereocenters. The minimum absolute atomic E-state index is 0.146. The Hall–Kier alpha value is -3.66. The average Bonchev–Trinajstić information content (AvgIpc) is 3.40. The number of hydrogen-bond acceptors (Lipinski definition) is 3. The predicted octanol–water partition coefficient (Wildman–Crippen LogP) is 6.61. The van der Waals surface area contributed by atoms with Gasteiger partial charge in [0.05, 0.1) is 16.5 Å². The van der Waals surface area contributed by atoms with Crippen LogP contribution in [0.15, 0.2) is 57.5 Å². The lowest BCUT2D eigenvalue weighted by Crippen LogP contribution is -2.31. The molecule has 152 valence electrons. The van der Waals surface area contributed by atoms with Gasteiger partial charge in [0.15, 0.2) is 11.8 Å². The third-order valence-electron chi connectivity index (χ3n) is 5.83. The number of pyridine rings is 2. The fraction of sp³-hybridized carbons (Fsp3) is 0.185. The summed E-state index contributed by atoms with van der Waals surface area (Å²) < 4.78 is 86.5. The van der Waals surface area contributed by atoms with E-state index in [4.69, 9.17) is 21.2 Å². The Morgan fingerprint density at radius 3 is 2.55 bits per heavy atom. The molecule has 4 heterocycles. The Balaban J connectivity index is 1.80. The highest BCUT2D eigenvalue weighted by Crippen LogP contribution is 2.42. The molecule has 2 aromatic carbocycles. The quantitative estimate of drug-likeness (QED) is 0.283. The summed E-state index contributed by atoms with van der Waals surface area (Å²) in [5.74, 6) is 0. The number of para-hydroxylation sites is 1. The minimum Gasteiger partial charge on any atom is -0.456 e. The SMILES string of the molecule is [2H]C([2H])([2H])c1cc(-c2c(C)nc(C([2H])([2H])[2H])c3c2oc2c3ccc3oc4ccccc4c32)[n+](C)cc1C([2H])([2H])[2H]. The van der Waals surface area contributed by atoms with Gasteiger partial charge in [0.2, 0.25) is 5.69 Å². The van der Waals surface area contributed by atoms with Crippen molar-refractivity contribution in [2.24, 2.45) is 7.05 Å². The van der Waals surface area contributed by atoms with Crippen LogP contribution < -0.4 is 4.57 Å². The van der Waals surface area contributed by atoms with Gasteiger partial charge in [-0.05, 0) is 51.2 Å². The molecule has 0 spiro atoms. The molecule has 0 fully saturated rings. The van der Waals surface area contributed by atoms with E-state index >= 15 is 0 Å². The molecule has 6 aromatic rings. The Labute approximate surface area is 192 Å². The van der Waals surface area contributed by atoms with Crippen molar-refractivity contribution in [3.05, 3.63) is 71.2 Å². The second-order valence-electron chi connectivity index (χ2n) is 7.74. The van der Waals surface area contributed by atoms with Crippen molar-refractivity contribution in [1.82, 2.24) is 4.98 Å². The highest BCUT2D eigenvalue weighted by atomic mass is 16.3. The maximum atomic E-state index is 8.23. The van der Waals surface area contributed by atoms with Gasteiger partial charge in [-0.2, -0.15) is 0 Å². The zero-order valence-corrected chi connectivity index (χ0v) is 16.8. The molecule has 4 heteroatoms. The van der Waals surface area contributed by atoms with E-state index in [1.807, 2.05) is 24.3 Å². The highest BCUT2D eigenvalue weighted by Gasteiger charge is 2.25. The number of nitrogens with zero attached hydrogens (tertiary/aromatic N) is 2. The fourth-order valence-electron chi connectivity index (χ4n) is 4.42. The molecular weight excluding hydrogens is 384 g/mol. The molecule has 0 unspecified atom stereocenters. The van der Waals surface area contributed by atoms with Gasteiger partial charge in [-0.1, -0.05) is 18.2 Å². The van der Waals surface area contributed by atoms with Crippen LogP contribution in [-0.4, -0.2) is 4.98 Å². The monoisotopic (exact) mass is 416 g/mol. The van der Waals surface area contributed by atoms with E-state index in [9.17, 15) is 0 Å². The van der Waals surface area contributed by atoms with Gasteiger partial charge in [0, 0.05) is 40.4 Å². The molecule has 6 rings (SSSR count). The second-order valence-corrected chi connectivity index (χ2v) is 7.74. The van der Waals surface area contributed by atoms with Crippen molar-refractivity contribution in [3.8, 4) is 11.3 Å². The van der Waals surface area contributed by atoms with Crippen LogP contribution in [0.5, 0.6) is 0 Å². The Morgan fingerprint density at radius 2 is 1.71 bits per heavy atom. The van der Waals surface area contributed by atoms with Crippen LogP contribution in [0.2, 0.25) is 0 Å². The number of fused-ring (bicyclic) bond motifs is 7. The molecule has 0 amide bonds. The first-order valence-corrected chi connectivity index (χ1v) is 9.80. The van der Waals surface area contributed by atoms with Crippen LogP contribution in [0.4, 0.5) is 0 Å². The summed E-state index contributed by atoms with van der Waals surface area (Å²) >= 11 is 0. The lowest BCUT2D eigenvalue weighted by atomic mass is 10.0. The van der Waals surface area contributed by atoms with E-state index < -0.39 is 20.6 Å². The number of aryl methyl sites for hydroxylation is 5. The Bertz CT molecular complexity index is 1990. The van der Waals surface area contributed by atoms with Crippen molar-refractivity contribution < 1.29 is 25.7 Å². The van der Waals surface area contributed by atoms with Crippen LogP contribution in [0.3, 0.4) is 0 Å². The first-order valence-electron chi connectivity index (χ1n) is 14.3. The van der Waals surface area contributed by atoms with Gasteiger partial charge in [0.1, 0.15) is 29.4 Å². The van der Waals surface area contributed by atoms with Crippen molar-refractivity contribution >= 4 is 43.9 Å². The van der Waals surface area contributed by atoms with Gasteiger partial charge >= 0.3 is 0 Å². The van der Waals surface area contributed by atoms with Crippen molar-refractivity contribution in [2.75, 3.05) is 0 Å². The number of rotatable bonds is 1. The van der Waals surface area contributed by atoms with Gasteiger partial charge in [0.25, 0.3) is 0 Å². The van der Waals surface area contributed by atoms with Gasteiger partial charge in [-0.3, -0.25) is 4.98 Å². The summed E-state index contributed by atoms with van der Waals surface area (Å²) in [6, 6.07) is 12.2. The van der Waals surface area contributed by atoms with Crippen LogP contribution in [0, 0.1) is 27.5 Å². The molecule has 0 bridgehead atoms. The molecule has 31 heavy (non-hydrogen) atoms. The maximum Gasteiger partial charge on any atom is 0.218 e. The van der Waals surface area contributed by atoms with E-state index in [-0.39, 0.29) is 27.8 Å². The van der Waals surface area contributed by atoms with Crippen LogP contribution >= 0.6 is 0 Å². The first kappa shape index (κ1) is 11.1. The third kappa shape index (κ3) is 2.42. The standard InChI is InChI=1S/C27H23N2O2/c1-14-12-20(29(5)13-15(14)2)24-17(4)28-16(3)23-19-10-11-22-25(26(19)31-27(23)24)18-8-6-7-9-21(18)30-22/h6-13H,1-5H3/q+1/i1D3,2D3,3D3. The van der Waals surface area contributed by atoms with Crippen molar-refractivity contribution in [2.45, 2.75) is 27.5 Å². The van der Waals surface area contributed by atoms with Crippen molar-refractivity contribution in [3.63, 3.8) is 0 Å². The van der Waals surface area contributed by atoms with Crippen LogP contribution in [0.25, 0.3) is 55.1 Å². The molecule has 0 aliphatic heterocycles. The van der Waals surface area contributed by atoms with E-state index in [1.165, 1.54) is 16.8 Å². The largest absolute Gasteiger partial charge is 0.456 e. The fourth-order valence-corrected chi connectivity index (χ4v) is 4.42. The van der Waals surface area contributed by atoms with E-state index in [0.717, 1.165) is 5.39 Å². The van der Waals surface area contributed by atoms with Crippen LogP contribution in [0.1, 0.15) is 34.9 Å². The Morgan fingerprint density at radius 1 is 0.839 bits per heavy atom. The molecule has 4 nitrogen and oxygen atoms in total. The number of furan rings is 2. The number of benzene rings is 2. The molecular formula is C27H23N2O2+. The molecule has 0 aliphatic carbocycles. The third-order valence-corrected chi connectivity index (χ3v) is 5.83. The van der Waals surface area contributed by atoms with Gasteiger partial charge in [-0.15, -0.1) is 0 Å². The summed E-state index contributed by atoms with van der Waals surface area (Å²) in [4.78, 5) is 4.49. The van der Waals surface area contributed by atoms with Gasteiger partial charge < -0.3 is 8.83 Å². The zero-order chi connectivity index (χ0) is 28.9. The predicted molar refractivity (Wildman–Crippen MR) is 124 cm³/mol. The van der Waals surface area contributed by atoms with E-state index in [2.05, 4.69) is 4.98 Å². The molecule has 0 N–H and O–H groups in total. The second kappa shape index (κ2) is 6.17. The first-order chi connectivity index (χ1) is 18.6. The number of hydrogen-bond donors (Lipinski definition) is 0. The Kier molecular flexibility index (Phi) is 2.21. The summed E-state index contributed by atoms with van der Waals surface area (Å²) in [5.41, 5.74) is 2.03. The molecule has 0 radical (unpaired) electrons. The highest BCUT2D eigenvalue weighted by molar-refractivity contribution is 6.23. The summed E-state index contributed by atoms with van der Waals surface area (Å²) in [6.07, 6.45) is 1.28. The van der Waals surface area contributed by atoms with Gasteiger partial charge in [-0.25, -0.2) is 4.57 Å². The summed E-state index contributed by atoms with van der Waals surface area (Å²) in [6.45, 7) is -6.35. The van der Waals surface area contributed by atoms with Crippen molar-refractivity contribution in [1.29, 1.82) is 0 Å². The minimum atomic E-state index is -2.72. The lowest BCUT2D eigenvalue weighted by molar-refractivity contribution is -0.660. The molecule has 0 saturated carbocycles.